The summed E-state index contributed by atoms with van der Waals surface area (Å²) in [6.07, 6.45) is 24.9. The first kappa shape index (κ1) is 33.1. The minimum Gasteiger partial charge on any atom is -0.273 e. The van der Waals surface area contributed by atoms with E-state index in [2.05, 4.69) is 78.5 Å². The summed E-state index contributed by atoms with van der Waals surface area (Å²) in [6, 6.07) is 0. The van der Waals surface area contributed by atoms with Gasteiger partial charge in [0.05, 0.1) is 0 Å². The number of allylic oxidation sites excluding steroid dienone is 13. The normalized spacial score (nSPS) is 16.3. The van der Waals surface area contributed by atoms with E-state index in [0.717, 1.165) is 12.8 Å². The van der Waals surface area contributed by atoms with Gasteiger partial charge < -0.3 is 0 Å². The topological polar surface area (TPSA) is 0 Å². The quantitative estimate of drug-likeness (QED) is 0.320. The van der Waals surface area contributed by atoms with Crippen molar-refractivity contribution in [3.05, 3.63) is 91.0 Å². The van der Waals surface area contributed by atoms with Crippen molar-refractivity contribution in [1.82, 2.24) is 0 Å². The molecule has 3 heteroatoms. The maximum Gasteiger partial charge on any atom is 4.00 e. The molecule has 0 aromatic heterocycles. The van der Waals surface area contributed by atoms with Crippen LogP contribution < -0.4 is 0 Å². The van der Waals surface area contributed by atoms with Crippen LogP contribution in [0, 0.1) is 30.6 Å². The molecule has 0 aromatic carbocycles. The zero-order valence-corrected chi connectivity index (χ0v) is 20.8. The fraction of sp³-hybridized carbons (Fsp3) is 0.348. The van der Waals surface area contributed by atoms with Gasteiger partial charge in [0.15, 0.2) is 0 Å². The van der Waals surface area contributed by atoms with Gasteiger partial charge in [-0.15, -0.1) is 44.6 Å². The standard InChI is InChI=1S/C10H15.2C5H5.C3H5.2ClH.Zr/c1-7-6-10(4,5)9(3)8(7)2;2*1-2-4-5-3-1;1-3-2;;;/h1-5H3;2*1-3H,4H2;3H,1-2H2;2*1H;/q4*-1;;;+4. The predicted octanol–water partition coefficient (Wildman–Crippen LogP) is 7.57. The van der Waals surface area contributed by atoms with Crippen LogP contribution in [0.5, 0.6) is 0 Å². The number of rotatable bonds is 0. The molecule has 0 heterocycles. The SMILES string of the molecule is C=C[CH2-].CC1=[C-]C(C)(C)C(C)=C1C.Cl.Cl.[C-]1=CC=CC1.[C-]1=CC=CC1.[Zr+4]. The van der Waals surface area contributed by atoms with Gasteiger partial charge in [0.1, 0.15) is 0 Å². The van der Waals surface area contributed by atoms with E-state index in [9.17, 15) is 0 Å². The maximum atomic E-state index is 3.44. The molecule has 0 fully saturated rings. The Morgan fingerprint density at radius 3 is 1.46 bits per heavy atom. The van der Waals surface area contributed by atoms with E-state index in [1.54, 1.807) is 0 Å². The molecular weight excluding hydrogens is 438 g/mol. The Balaban J connectivity index is -0.000000131. The summed E-state index contributed by atoms with van der Waals surface area (Å²) in [6.45, 7) is 17.4. The third kappa shape index (κ3) is 14.7. The molecule has 0 spiro atoms. The molecule has 0 bridgehead atoms. The van der Waals surface area contributed by atoms with Gasteiger partial charge in [0, 0.05) is 0 Å². The zero-order chi connectivity index (χ0) is 17.7. The van der Waals surface area contributed by atoms with Crippen molar-refractivity contribution < 1.29 is 26.2 Å². The summed E-state index contributed by atoms with van der Waals surface area (Å²) in [4.78, 5) is 0. The van der Waals surface area contributed by atoms with Gasteiger partial charge in [-0.3, -0.25) is 18.2 Å². The van der Waals surface area contributed by atoms with Gasteiger partial charge in [-0.2, -0.15) is 23.3 Å². The van der Waals surface area contributed by atoms with Crippen LogP contribution >= 0.6 is 24.8 Å². The van der Waals surface area contributed by atoms with Gasteiger partial charge in [-0.05, 0) is 0 Å². The van der Waals surface area contributed by atoms with Crippen molar-refractivity contribution in [3.63, 3.8) is 0 Å². The van der Waals surface area contributed by atoms with E-state index in [1.165, 1.54) is 22.8 Å². The average Bonchev–Trinajstić information content (AvgIpc) is 3.24. The van der Waals surface area contributed by atoms with Crippen molar-refractivity contribution >= 4 is 24.8 Å². The first-order valence-corrected chi connectivity index (χ1v) is 8.00. The summed E-state index contributed by atoms with van der Waals surface area (Å²) >= 11 is 0. The second-order valence-corrected chi connectivity index (χ2v) is 5.92. The second kappa shape index (κ2) is 19.3. The molecule has 0 amide bonds. The van der Waals surface area contributed by atoms with E-state index in [1.807, 2.05) is 24.3 Å². The molecule has 3 aliphatic carbocycles. The third-order valence-electron chi connectivity index (χ3n) is 3.73. The van der Waals surface area contributed by atoms with Crippen LogP contribution in [-0.4, -0.2) is 0 Å². The summed E-state index contributed by atoms with van der Waals surface area (Å²) in [5, 5.41) is 0. The van der Waals surface area contributed by atoms with Crippen molar-refractivity contribution in [3.8, 4) is 0 Å². The zero-order valence-electron chi connectivity index (χ0n) is 16.7. The molecule has 0 aliphatic heterocycles. The number of hydrogen-bond donors (Lipinski definition) is 0. The van der Waals surface area contributed by atoms with Gasteiger partial charge in [-0.1, -0.05) is 33.1 Å². The molecule has 0 saturated heterocycles. The Labute approximate surface area is 193 Å². The first-order chi connectivity index (χ1) is 10.9. The monoisotopic (exact) mass is 468 g/mol. The minimum atomic E-state index is 0. The van der Waals surface area contributed by atoms with Crippen LogP contribution in [0.2, 0.25) is 0 Å². The van der Waals surface area contributed by atoms with Crippen LogP contribution in [0.25, 0.3) is 0 Å². The summed E-state index contributed by atoms with van der Waals surface area (Å²) in [7, 11) is 0. The molecule has 0 aromatic rings. The van der Waals surface area contributed by atoms with E-state index in [-0.39, 0.29) is 56.4 Å². The summed E-state index contributed by atoms with van der Waals surface area (Å²) < 4.78 is 0. The summed E-state index contributed by atoms with van der Waals surface area (Å²) in [5.41, 5.74) is 4.39. The van der Waals surface area contributed by atoms with E-state index in [4.69, 9.17) is 0 Å². The van der Waals surface area contributed by atoms with Gasteiger partial charge in [0.2, 0.25) is 0 Å². The predicted molar refractivity (Wildman–Crippen MR) is 118 cm³/mol. The van der Waals surface area contributed by atoms with Crippen molar-refractivity contribution in [2.24, 2.45) is 5.41 Å². The van der Waals surface area contributed by atoms with Crippen LogP contribution in [0.1, 0.15) is 47.5 Å². The Morgan fingerprint density at radius 2 is 1.38 bits per heavy atom. The van der Waals surface area contributed by atoms with Crippen LogP contribution in [0.3, 0.4) is 0 Å². The Hall–Kier alpha value is -0.487. The molecule has 0 nitrogen and oxygen atoms in total. The van der Waals surface area contributed by atoms with Crippen LogP contribution in [-0.2, 0) is 26.2 Å². The fourth-order valence-corrected chi connectivity index (χ4v) is 2.09. The molecule has 0 saturated carbocycles. The maximum absolute atomic E-state index is 3.44. The molecule has 0 radical (unpaired) electrons. The fourth-order valence-electron chi connectivity index (χ4n) is 2.09. The van der Waals surface area contributed by atoms with Crippen molar-refractivity contribution in [2.75, 3.05) is 0 Å². The first-order valence-electron chi connectivity index (χ1n) is 8.00. The molecule has 142 valence electrons. The second-order valence-electron chi connectivity index (χ2n) is 5.92. The Morgan fingerprint density at radius 1 is 1.00 bits per heavy atom. The smallest absolute Gasteiger partial charge is 0.273 e. The van der Waals surface area contributed by atoms with Crippen molar-refractivity contribution in [2.45, 2.75) is 47.5 Å². The molecule has 0 unspecified atom stereocenters. The van der Waals surface area contributed by atoms with Gasteiger partial charge in [-0.25, -0.2) is 49.5 Å². The molecule has 0 N–H and O–H groups in total. The molecule has 3 aliphatic rings. The Kier molecular flexibility index (Phi) is 24.6. The number of halogens is 2. The molecular formula is C23H32Cl2Zr. The minimum absolute atomic E-state index is 0. The number of hydrogen-bond acceptors (Lipinski definition) is 0. The van der Waals surface area contributed by atoms with Crippen LogP contribution in [0.15, 0.2) is 65.8 Å². The van der Waals surface area contributed by atoms with E-state index < -0.39 is 0 Å². The summed E-state index contributed by atoms with van der Waals surface area (Å²) in [5.74, 6) is 0. The van der Waals surface area contributed by atoms with E-state index in [0.29, 0.717) is 0 Å². The van der Waals surface area contributed by atoms with E-state index >= 15 is 0 Å². The largest absolute Gasteiger partial charge is 4.00 e. The molecule has 26 heavy (non-hydrogen) atoms. The van der Waals surface area contributed by atoms with Crippen molar-refractivity contribution in [1.29, 1.82) is 0 Å². The van der Waals surface area contributed by atoms with Crippen LogP contribution in [0.4, 0.5) is 0 Å². The van der Waals surface area contributed by atoms with Gasteiger partial charge >= 0.3 is 26.2 Å². The third-order valence-corrected chi connectivity index (χ3v) is 3.73. The molecule has 0 atom stereocenters. The van der Waals surface area contributed by atoms with Gasteiger partial charge in [0.25, 0.3) is 0 Å². The average molecular weight is 471 g/mol. The molecule has 3 rings (SSSR count). The Bertz CT molecular complexity index is 503.